The van der Waals surface area contributed by atoms with E-state index < -0.39 is 0 Å². The second-order valence-corrected chi connectivity index (χ2v) is 8.58. The predicted molar refractivity (Wildman–Crippen MR) is 102 cm³/mol. The minimum atomic E-state index is -0.0116. The van der Waals surface area contributed by atoms with Gasteiger partial charge in [-0.2, -0.15) is 0 Å². The topological polar surface area (TPSA) is 40.5 Å². The highest BCUT2D eigenvalue weighted by Gasteiger charge is 2.28. The first-order chi connectivity index (χ1) is 11.3. The third-order valence-electron chi connectivity index (χ3n) is 6.00. The zero-order chi connectivity index (χ0) is 17.7. The zero-order valence-electron chi connectivity index (χ0n) is 16.1. The van der Waals surface area contributed by atoms with E-state index in [2.05, 4.69) is 27.7 Å². The lowest BCUT2D eigenvalue weighted by Gasteiger charge is -2.30. The molecule has 2 nitrogen and oxygen atoms in total. The average molecular weight is 333 g/mol. The van der Waals surface area contributed by atoms with Crippen LogP contribution in [0.2, 0.25) is 0 Å². The number of benzene rings is 1. The lowest BCUT2D eigenvalue weighted by Crippen LogP contribution is -2.18. The third kappa shape index (κ3) is 4.68. The van der Waals surface area contributed by atoms with Gasteiger partial charge in [-0.3, -0.25) is 0 Å². The molecule has 0 unspecified atom stereocenters. The van der Waals surface area contributed by atoms with Crippen molar-refractivity contribution in [2.75, 3.05) is 0 Å². The highest BCUT2D eigenvalue weighted by Crippen LogP contribution is 2.45. The molecule has 0 aliphatic heterocycles. The van der Waals surface area contributed by atoms with E-state index in [4.69, 9.17) is 0 Å². The Kier molecular flexibility index (Phi) is 6.60. The Morgan fingerprint density at radius 2 is 1.54 bits per heavy atom. The number of unbranched alkanes of at least 4 members (excludes halogenated alkanes) is 3. The maximum Gasteiger partial charge on any atom is 0.123 e. The zero-order valence-corrected chi connectivity index (χ0v) is 16.1. The van der Waals surface area contributed by atoms with Crippen LogP contribution in [-0.2, 0) is 5.41 Å². The van der Waals surface area contributed by atoms with Crippen molar-refractivity contribution in [1.29, 1.82) is 0 Å². The van der Waals surface area contributed by atoms with Gasteiger partial charge in [-0.05, 0) is 54.2 Å². The summed E-state index contributed by atoms with van der Waals surface area (Å²) in [4.78, 5) is 0. The molecule has 1 saturated carbocycles. The van der Waals surface area contributed by atoms with Crippen LogP contribution >= 0.6 is 0 Å². The quantitative estimate of drug-likeness (QED) is 0.549. The Labute approximate surface area is 148 Å². The molecule has 0 saturated heterocycles. The molecule has 0 heterocycles. The van der Waals surface area contributed by atoms with Gasteiger partial charge in [-0.25, -0.2) is 0 Å². The van der Waals surface area contributed by atoms with E-state index in [0.29, 0.717) is 17.4 Å². The van der Waals surface area contributed by atoms with Crippen LogP contribution in [0.5, 0.6) is 11.5 Å². The maximum absolute atomic E-state index is 10.6. The number of phenols is 2. The molecule has 0 spiro atoms. The molecule has 0 aromatic heterocycles. The fourth-order valence-electron chi connectivity index (χ4n) is 4.12. The number of hydrogen-bond donors (Lipinski definition) is 2. The number of phenolic OH excluding ortho intramolecular Hbond substituents is 2. The molecule has 0 bridgehead atoms. The monoisotopic (exact) mass is 332 g/mol. The van der Waals surface area contributed by atoms with Gasteiger partial charge in [0.05, 0.1) is 0 Å². The van der Waals surface area contributed by atoms with Crippen molar-refractivity contribution in [2.45, 2.75) is 96.8 Å². The first kappa shape index (κ1) is 19.1. The van der Waals surface area contributed by atoms with E-state index in [0.717, 1.165) is 36.3 Å². The summed E-state index contributed by atoms with van der Waals surface area (Å²) in [5.74, 6) is 1.67. The lowest BCUT2D eigenvalue weighted by atomic mass is 9.76. The Hall–Kier alpha value is -1.18. The standard InChI is InChI=1S/C22H36O2/c1-5-6-7-8-13-22(3,4)18-14-19(23)21(20(24)15-18)17-11-9-16(2)10-12-17/h14-17,23-24H,5-13H2,1-4H3. The van der Waals surface area contributed by atoms with Gasteiger partial charge in [0, 0.05) is 5.56 Å². The van der Waals surface area contributed by atoms with Gasteiger partial charge in [-0.1, -0.05) is 66.2 Å². The molecular formula is C22H36O2. The number of hydrogen-bond acceptors (Lipinski definition) is 2. The molecule has 2 rings (SSSR count). The molecule has 136 valence electrons. The molecule has 0 radical (unpaired) electrons. The van der Waals surface area contributed by atoms with Gasteiger partial charge >= 0.3 is 0 Å². The van der Waals surface area contributed by atoms with Crippen LogP contribution in [0.3, 0.4) is 0 Å². The SMILES string of the molecule is CCCCCCC(C)(C)c1cc(O)c(C2CCC(C)CC2)c(O)c1. The van der Waals surface area contributed by atoms with Crippen LogP contribution in [0.4, 0.5) is 0 Å². The second kappa shape index (κ2) is 8.27. The largest absolute Gasteiger partial charge is 0.508 e. The number of aromatic hydroxyl groups is 2. The van der Waals surface area contributed by atoms with E-state index in [1.807, 2.05) is 12.1 Å². The van der Waals surface area contributed by atoms with E-state index in [1.165, 1.54) is 38.5 Å². The molecule has 24 heavy (non-hydrogen) atoms. The molecule has 1 aliphatic rings. The highest BCUT2D eigenvalue weighted by atomic mass is 16.3. The lowest BCUT2D eigenvalue weighted by molar-refractivity contribution is 0.330. The molecular weight excluding hydrogens is 296 g/mol. The molecule has 1 aromatic rings. The van der Waals surface area contributed by atoms with Gasteiger partial charge in [0.2, 0.25) is 0 Å². The summed E-state index contributed by atoms with van der Waals surface area (Å²) >= 11 is 0. The van der Waals surface area contributed by atoms with Crippen LogP contribution in [0.15, 0.2) is 12.1 Å². The van der Waals surface area contributed by atoms with E-state index >= 15 is 0 Å². The van der Waals surface area contributed by atoms with Gasteiger partial charge in [-0.15, -0.1) is 0 Å². The van der Waals surface area contributed by atoms with Crippen molar-refractivity contribution in [1.82, 2.24) is 0 Å². The van der Waals surface area contributed by atoms with Gasteiger partial charge in [0.1, 0.15) is 11.5 Å². The summed E-state index contributed by atoms with van der Waals surface area (Å²) in [5.41, 5.74) is 1.83. The molecule has 2 heteroatoms. The summed E-state index contributed by atoms with van der Waals surface area (Å²) in [6.45, 7) is 8.95. The summed E-state index contributed by atoms with van der Waals surface area (Å²) in [6, 6.07) is 3.82. The Bertz CT molecular complexity index is 502. The number of rotatable bonds is 7. The van der Waals surface area contributed by atoms with E-state index in [9.17, 15) is 10.2 Å². The highest BCUT2D eigenvalue weighted by molar-refractivity contribution is 5.50. The molecule has 2 N–H and O–H groups in total. The first-order valence-electron chi connectivity index (χ1n) is 9.91. The van der Waals surface area contributed by atoms with Crippen molar-refractivity contribution in [3.63, 3.8) is 0 Å². The van der Waals surface area contributed by atoms with Crippen molar-refractivity contribution in [3.05, 3.63) is 23.3 Å². The molecule has 1 aliphatic carbocycles. The summed E-state index contributed by atoms with van der Waals surface area (Å²) in [5, 5.41) is 21.2. The molecule has 0 amide bonds. The van der Waals surface area contributed by atoms with Crippen LogP contribution in [0.25, 0.3) is 0 Å². The summed E-state index contributed by atoms with van der Waals surface area (Å²) in [7, 11) is 0. The third-order valence-corrected chi connectivity index (χ3v) is 6.00. The molecule has 1 aromatic carbocycles. The normalized spacial score (nSPS) is 21.8. The van der Waals surface area contributed by atoms with Crippen LogP contribution in [0, 0.1) is 5.92 Å². The summed E-state index contributed by atoms with van der Waals surface area (Å²) in [6.07, 6.45) is 10.6. The van der Waals surface area contributed by atoms with Crippen molar-refractivity contribution >= 4 is 0 Å². The van der Waals surface area contributed by atoms with Gasteiger partial charge in [0.15, 0.2) is 0 Å². The van der Waals surface area contributed by atoms with Gasteiger partial charge in [0.25, 0.3) is 0 Å². The average Bonchev–Trinajstić information content (AvgIpc) is 2.52. The van der Waals surface area contributed by atoms with Gasteiger partial charge < -0.3 is 10.2 Å². The Morgan fingerprint density at radius 3 is 2.08 bits per heavy atom. The molecule has 1 fully saturated rings. The van der Waals surface area contributed by atoms with E-state index in [-0.39, 0.29) is 5.41 Å². The van der Waals surface area contributed by atoms with Crippen LogP contribution in [-0.4, -0.2) is 10.2 Å². The first-order valence-corrected chi connectivity index (χ1v) is 9.91. The smallest absolute Gasteiger partial charge is 0.123 e. The second-order valence-electron chi connectivity index (χ2n) is 8.58. The van der Waals surface area contributed by atoms with Crippen molar-refractivity contribution in [2.24, 2.45) is 5.92 Å². The predicted octanol–water partition coefficient (Wildman–Crippen LogP) is 6.64. The fourth-order valence-corrected chi connectivity index (χ4v) is 4.12. The Balaban J connectivity index is 2.13. The fraction of sp³-hybridized carbons (Fsp3) is 0.727. The van der Waals surface area contributed by atoms with Crippen LogP contribution < -0.4 is 0 Å². The summed E-state index contributed by atoms with van der Waals surface area (Å²) < 4.78 is 0. The minimum Gasteiger partial charge on any atom is -0.508 e. The Morgan fingerprint density at radius 1 is 0.958 bits per heavy atom. The van der Waals surface area contributed by atoms with E-state index in [1.54, 1.807) is 0 Å². The molecule has 0 atom stereocenters. The maximum atomic E-state index is 10.6. The van der Waals surface area contributed by atoms with Crippen molar-refractivity contribution in [3.8, 4) is 11.5 Å². The minimum absolute atomic E-state index is 0.0116. The van der Waals surface area contributed by atoms with Crippen molar-refractivity contribution < 1.29 is 10.2 Å². The van der Waals surface area contributed by atoms with Crippen LogP contribution in [0.1, 0.15) is 103 Å².